The second-order valence-corrected chi connectivity index (χ2v) is 5.95. The van der Waals surface area contributed by atoms with E-state index in [1.54, 1.807) is 32.2 Å². The Balaban J connectivity index is 1.84. The first-order chi connectivity index (χ1) is 13.9. The van der Waals surface area contributed by atoms with Crippen molar-refractivity contribution in [1.29, 1.82) is 0 Å². The van der Waals surface area contributed by atoms with Crippen LogP contribution in [0.1, 0.15) is 27.4 Å². The number of hydrogen-bond donors (Lipinski definition) is 2. The summed E-state index contributed by atoms with van der Waals surface area (Å²) in [6.07, 6.45) is 1.43. The molecule has 3 aromatic rings. The number of carbonyl (C=O) groups is 1. The van der Waals surface area contributed by atoms with Crippen LogP contribution in [0.15, 0.2) is 34.2 Å². The molecule has 1 amide bonds. The molecule has 0 atom stereocenters. The highest BCUT2D eigenvalue weighted by atomic mass is 16.5. The molecule has 0 aliphatic carbocycles. The molecule has 0 radical (unpaired) electrons. The van der Waals surface area contributed by atoms with E-state index in [2.05, 4.69) is 30.8 Å². The second kappa shape index (κ2) is 8.33. The Morgan fingerprint density at radius 2 is 2.00 bits per heavy atom. The molecule has 2 aromatic heterocycles. The average molecular weight is 397 g/mol. The van der Waals surface area contributed by atoms with Gasteiger partial charge in [-0.1, -0.05) is 0 Å². The summed E-state index contributed by atoms with van der Waals surface area (Å²) >= 11 is 0. The molecule has 11 nitrogen and oxygen atoms in total. The first-order valence-corrected chi connectivity index (χ1v) is 8.49. The number of H-pyrrole nitrogens is 1. The largest absolute Gasteiger partial charge is 0.497 e. The number of benzene rings is 1. The van der Waals surface area contributed by atoms with Crippen molar-refractivity contribution in [2.24, 2.45) is 5.10 Å². The van der Waals surface area contributed by atoms with E-state index in [0.29, 0.717) is 22.8 Å². The monoisotopic (exact) mass is 397 g/mol. The van der Waals surface area contributed by atoms with Gasteiger partial charge >= 0.3 is 0 Å². The fraction of sp³-hybridized carbons (Fsp3) is 0.222. The maximum atomic E-state index is 12.6. The van der Waals surface area contributed by atoms with Crippen molar-refractivity contribution in [1.82, 2.24) is 30.4 Å². The SMILES string of the molecule is COc1ccc(OC)c(/C=N\NC(=O)c2cc(C)nn2-c2nnc(C)c(=O)[nH]2)c1. The number of methoxy groups -OCH3 is 2. The van der Waals surface area contributed by atoms with Gasteiger partial charge in [0.25, 0.3) is 17.4 Å². The fourth-order valence-corrected chi connectivity index (χ4v) is 2.46. The van der Waals surface area contributed by atoms with Crippen molar-refractivity contribution < 1.29 is 14.3 Å². The Kier molecular flexibility index (Phi) is 5.67. The van der Waals surface area contributed by atoms with Gasteiger partial charge in [-0.2, -0.15) is 14.9 Å². The van der Waals surface area contributed by atoms with Crippen LogP contribution in [0.25, 0.3) is 5.95 Å². The number of rotatable bonds is 6. The van der Waals surface area contributed by atoms with Gasteiger partial charge in [0.2, 0.25) is 0 Å². The van der Waals surface area contributed by atoms with Crippen LogP contribution >= 0.6 is 0 Å². The molecule has 0 unspecified atom stereocenters. The third-order valence-corrected chi connectivity index (χ3v) is 3.92. The molecule has 3 rings (SSSR count). The van der Waals surface area contributed by atoms with Gasteiger partial charge in [-0.15, -0.1) is 10.2 Å². The normalized spacial score (nSPS) is 10.9. The summed E-state index contributed by atoms with van der Waals surface area (Å²) in [5, 5.41) is 15.8. The number of aryl methyl sites for hydroxylation is 2. The average Bonchev–Trinajstić information content (AvgIpc) is 3.11. The van der Waals surface area contributed by atoms with E-state index in [9.17, 15) is 9.59 Å². The lowest BCUT2D eigenvalue weighted by atomic mass is 10.2. The fourth-order valence-electron chi connectivity index (χ4n) is 2.46. The predicted octanol–water partition coefficient (Wildman–Crippen LogP) is 0.749. The molecular formula is C18H19N7O4. The molecule has 2 N–H and O–H groups in total. The van der Waals surface area contributed by atoms with Crippen molar-refractivity contribution in [2.75, 3.05) is 14.2 Å². The van der Waals surface area contributed by atoms with Gasteiger partial charge in [0.1, 0.15) is 22.9 Å². The summed E-state index contributed by atoms with van der Waals surface area (Å²) in [7, 11) is 3.08. The molecule has 0 saturated carbocycles. The van der Waals surface area contributed by atoms with Crippen LogP contribution in [0.4, 0.5) is 0 Å². The number of hydrazone groups is 1. The molecule has 29 heavy (non-hydrogen) atoms. The van der Waals surface area contributed by atoms with Crippen LogP contribution in [0.2, 0.25) is 0 Å². The smallest absolute Gasteiger partial charge is 0.290 e. The van der Waals surface area contributed by atoms with Crippen LogP contribution in [0.5, 0.6) is 11.5 Å². The van der Waals surface area contributed by atoms with E-state index in [4.69, 9.17) is 9.47 Å². The lowest BCUT2D eigenvalue weighted by molar-refractivity contribution is 0.0947. The zero-order valence-corrected chi connectivity index (χ0v) is 16.3. The van der Waals surface area contributed by atoms with Gasteiger partial charge in [0.05, 0.1) is 26.1 Å². The minimum absolute atomic E-state index is 0.0253. The number of nitrogens with zero attached hydrogens (tertiary/aromatic N) is 5. The van der Waals surface area contributed by atoms with Crippen LogP contribution in [0.3, 0.4) is 0 Å². The standard InChI is InChI=1S/C18H19N7O4/c1-10-7-14(25(24-10)18-20-16(26)11(2)21-23-18)17(27)22-19-9-12-8-13(28-3)5-6-15(12)29-4/h5-9H,1-4H3,(H,22,27)(H,20,23,26)/b19-9-. The number of aromatic amines is 1. The molecule has 0 aliphatic heterocycles. The molecule has 0 fully saturated rings. The highest BCUT2D eigenvalue weighted by molar-refractivity contribution is 5.94. The Labute approximate surface area is 165 Å². The third-order valence-electron chi connectivity index (χ3n) is 3.92. The first kappa shape index (κ1) is 19.7. The molecule has 0 saturated heterocycles. The van der Waals surface area contributed by atoms with Gasteiger partial charge in [0.15, 0.2) is 0 Å². The highest BCUT2D eigenvalue weighted by Gasteiger charge is 2.17. The number of carbonyl (C=O) groups excluding carboxylic acids is 1. The van der Waals surface area contributed by atoms with Crippen LogP contribution < -0.4 is 20.5 Å². The Bertz CT molecular complexity index is 1130. The first-order valence-electron chi connectivity index (χ1n) is 8.49. The van der Waals surface area contributed by atoms with Crippen LogP contribution in [-0.2, 0) is 0 Å². The molecule has 0 bridgehead atoms. The zero-order chi connectivity index (χ0) is 21.0. The maximum Gasteiger partial charge on any atom is 0.290 e. The summed E-state index contributed by atoms with van der Waals surface area (Å²) in [6, 6.07) is 6.73. The number of hydrogen-bond acceptors (Lipinski definition) is 8. The molecule has 150 valence electrons. The van der Waals surface area contributed by atoms with Gasteiger partial charge in [-0.3, -0.25) is 14.6 Å². The van der Waals surface area contributed by atoms with Gasteiger partial charge in [-0.05, 0) is 38.1 Å². The summed E-state index contributed by atoms with van der Waals surface area (Å²) in [5.74, 6) is 0.663. The van der Waals surface area contributed by atoms with Crippen molar-refractivity contribution in [3.63, 3.8) is 0 Å². The third kappa shape index (κ3) is 4.29. The number of nitrogens with one attached hydrogen (secondary N) is 2. The summed E-state index contributed by atoms with van der Waals surface area (Å²) in [5.41, 5.74) is 3.51. The Morgan fingerprint density at radius 1 is 1.21 bits per heavy atom. The van der Waals surface area contributed by atoms with E-state index in [0.717, 1.165) is 0 Å². The Hall–Kier alpha value is -4.02. The summed E-state index contributed by atoms with van der Waals surface area (Å²) in [6.45, 7) is 3.23. The van der Waals surface area contributed by atoms with Crippen molar-refractivity contribution >= 4 is 12.1 Å². The minimum atomic E-state index is -0.549. The quantitative estimate of drug-likeness (QED) is 0.462. The predicted molar refractivity (Wildman–Crippen MR) is 104 cm³/mol. The molecule has 0 spiro atoms. The Morgan fingerprint density at radius 3 is 2.69 bits per heavy atom. The van der Waals surface area contributed by atoms with E-state index < -0.39 is 11.5 Å². The molecule has 1 aromatic carbocycles. The number of ether oxygens (including phenoxy) is 2. The lowest BCUT2D eigenvalue weighted by Gasteiger charge is -2.07. The van der Waals surface area contributed by atoms with Gasteiger partial charge in [0, 0.05) is 5.56 Å². The summed E-state index contributed by atoms with van der Waals surface area (Å²) in [4.78, 5) is 26.9. The minimum Gasteiger partial charge on any atom is -0.497 e. The number of amides is 1. The van der Waals surface area contributed by atoms with E-state index >= 15 is 0 Å². The maximum absolute atomic E-state index is 12.6. The van der Waals surface area contributed by atoms with Crippen molar-refractivity contribution in [2.45, 2.75) is 13.8 Å². The van der Waals surface area contributed by atoms with Gasteiger partial charge in [-0.25, -0.2) is 5.43 Å². The molecule has 2 heterocycles. The lowest BCUT2D eigenvalue weighted by Crippen LogP contribution is -2.24. The molecule has 11 heteroatoms. The molecule has 0 aliphatic rings. The molecular weight excluding hydrogens is 378 g/mol. The number of aromatic nitrogens is 5. The van der Waals surface area contributed by atoms with Crippen molar-refractivity contribution in [3.8, 4) is 17.4 Å². The van der Waals surface area contributed by atoms with Crippen molar-refractivity contribution in [3.05, 3.63) is 57.3 Å². The van der Waals surface area contributed by atoms with Crippen LogP contribution in [0, 0.1) is 13.8 Å². The van der Waals surface area contributed by atoms with E-state index in [-0.39, 0.29) is 17.3 Å². The summed E-state index contributed by atoms with van der Waals surface area (Å²) < 4.78 is 11.6. The van der Waals surface area contributed by atoms with Gasteiger partial charge < -0.3 is 9.47 Å². The highest BCUT2D eigenvalue weighted by Crippen LogP contribution is 2.22. The van der Waals surface area contributed by atoms with Crippen LogP contribution in [-0.4, -0.2) is 51.3 Å². The zero-order valence-electron chi connectivity index (χ0n) is 16.3. The van der Waals surface area contributed by atoms with E-state index in [1.165, 1.54) is 31.0 Å². The van der Waals surface area contributed by atoms with E-state index in [1.807, 2.05) is 0 Å². The second-order valence-electron chi connectivity index (χ2n) is 5.95. The topological polar surface area (TPSA) is 136 Å².